The molecule has 0 radical (unpaired) electrons. The van der Waals surface area contributed by atoms with Gasteiger partial charge in [0.2, 0.25) is 5.91 Å². The van der Waals surface area contributed by atoms with E-state index in [2.05, 4.69) is 0 Å². The monoisotopic (exact) mass is 186 g/mol. The Morgan fingerprint density at radius 2 is 2.15 bits per heavy atom. The maximum absolute atomic E-state index is 10.8. The van der Waals surface area contributed by atoms with Gasteiger partial charge in [0.1, 0.15) is 6.04 Å². The SMILES string of the molecule is CN(CC(N)=O)C(C(=O)O)C1CC1. The highest BCUT2D eigenvalue weighted by atomic mass is 16.4. The average molecular weight is 186 g/mol. The molecule has 0 aliphatic heterocycles. The van der Waals surface area contributed by atoms with E-state index in [0.29, 0.717) is 0 Å². The summed E-state index contributed by atoms with van der Waals surface area (Å²) in [6.07, 6.45) is 1.86. The first-order valence-electron chi connectivity index (χ1n) is 4.23. The summed E-state index contributed by atoms with van der Waals surface area (Å²) in [5, 5.41) is 8.87. The van der Waals surface area contributed by atoms with E-state index in [1.54, 1.807) is 7.05 Å². The molecule has 5 heteroatoms. The van der Waals surface area contributed by atoms with Gasteiger partial charge in [0.15, 0.2) is 0 Å². The maximum Gasteiger partial charge on any atom is 0.321 e. The summed E-state index contributed by atoms with van der Waals surface area (Å²) in [6.45, 7) is 0.00741. The van der Waals surface area contributed by atoms with Gasteiger partial charge in [0.05, 0.1) is 6.54 Å². The second kappa shape index (κ2) is 3.74. The molecule has 1 rings (SSSR count). The van der Waals surface area contributed by atoms with Crippen LogP contribution in [0, 0.1) is 5.92 Å². The fourth-order valence-corrected chi connectivity index (χ4v) is 1.51. The van der Waals surface area contributed by atoms with Crippen molar-refractivity contribution in [3.8, 4) is 0 Å². The highest BCUT2D eigenvalue weighted by molar-refractivity contribution is 5.78. The molecule has 13 heavy (non-hydrogen) atoms. The highest BCUT2D eigenvalue weighted by Crippen LogP contribution is 2.34. The highest BCUT2D eigenvalue weighted by Gasteiger charge is 2.39. The Bertz CT molecular complexity index is 225. The Labute approximate surface area is 76.5 Å². The van der Waals surface area contributed by atoms with Crippen LogP contribution in [0.5, 0.6) is 0 Å². The number of primary amides is 1. The molecule has 3 N–H and O–H groups in total. The van der Waals surface area contributed by atoms with Crippen molar-refractivity contribution in [3.63, 3.8) is 0 Å². The molecule has 1 fully saturated rings. The fourth-order valence-electron chi connectivity index (χ4n) is 1.51. The molecule has 0 bridgehead atoms. The van der Waals surface area contributed by atoms with E-state index in [1.165, 1.54) is 4.90 Å². The molecular weight excluding hydrogens is 172 g/mol. The average Bonchev–Trinajstić information content (AvgIpc) is 2.68. The van der Waals surface area contributed by atoms with Crippen molar-refractivity contribution in [3.05, 3.63) is 0 Å². The minimum absolute atomic E-state index is 0.00741. The van der Waals surface area contributed by atoms with E-state index in [4.69, 9.17) is 10.8 Å². The third kappa shape index (κ3) is 2.69. The second-order valence-corrected chi connectivity index (χ2v) is 3.50. The van der Waals surface area contributed by atoms with Gasteiger partial charge < -0.3 is 10.8 Å². The molecule has 0 heterocycles. The standard InChI is InChI=1S/C8H14N2O3/c1-10(4-6(9)11)7(8(12)13)5-2-3-5/h5,7H,2-4H2,1H3,(H2,9,11)(H,12,13). The lowest BCUT2D eigenvalue weighted by Gasteiger charge is -2.22. The zero-order valence-corrected chi connectivity index (χ0v) is 7.56. The lowest BCUT2D eigenvalue weighted by atomic mass is 10.1. The summed E-state index contributed by atoms with van der Waals surface area (Å²) >= 11 is 0. The zero-order chi connectivity index (χ0) is 10.0. The smallest absolute Gasteiger partial charge is 0.321 e. The second-order valence-electron chi connectivity index (χ2n) is 3.50. The number of aliphatic carboxylic acids is 1. The number of nitrogens with zero attached hydrogens (tertiary/aromatic N) is 1. The number of likely N-dealkylation sites (N-methyl/N-ethyl adjacent to an activating group) is 1. The first-order chi connectivity index (χ1) is 6.02. The first-order valence-corrected chi connectivity index (χ1v) is 4.23. The molecule has 1 unspecified atom stereocenters. The third-order valence-corrected chi connectivity index (χ3v) is 2.20. The van der Waals surface area contributed by atoms with Crippen LogP contribution in [0.1, 0.15) is 12.8 Å². The molecule has 0 saturated heterocycles. The molecular formula is C8H14N2O3. The molecule has 1 amide bonds. The molecule has 0 aromatic heterocycles. The third-order valence-electron chi connectivity index (χ3n) is 2.20. The van der Waals surface area contributed by atoms with Crippen molar-refractivity contribution in [2.24, 2.45) is 11.7 Å². The van der Waals surface area contributed by atoms with Crippen LogP contribution in [-0.2, 0) is 9.59 Å². The van der Waals surface area contributed by atoms with E-state index < -0.39 is 17.9 Å². The van der Waals surface area contributed by atoms with Crippen molar-refractivity contribution in [1.29, 1.82) is 0 Å². The topological polar surface area (TPSA) is 83.6 Å². The van der Waals surface area contributed by atoms with Gasteiger partial charge in [0.25, 0.3) is 0 Å². The number of hydrogen-bond donors (Lipinski definition) is 2. The van der Waals surface area contributed by atoms with Crippen LogP contribution in [0.2, 0.25) is 0 Å². The number of carbonyl (C=O) groups excluding carboxylic acids is 1. The lowest BCUT2D eigenvalue weighted by Crippen LogP contribution is -2.44. The summed E-state index contributed by atoms with van der Waals surface area (Å²) < 4.78 is 0. The molecule has 0 spiro atoms. The number of carboxylic acid groups (broad SMARTS) is 1. The van der Waals surface area contributed by atoms with Gasteiger partial charge in [-0.15, -0.1) is 0 Å². The minimum atomic E-state index is -0.869. The number of carbonyl (C=O) groups is 2. The molecule has 0 aromatic carbocycles. The van der Waals surface area contributed by atoms with Gasteiger partial charge in [-0.05, 0) is 25.8 Å². The van der Waals surface area contributed by atoms with E-state index in [1.807, 2.05) is 0 Å². The lowest BCUT2D eigenvalue weighted by molar-refractivity contribution is -0.144. The van der Waals surface area contributed by atoms with Crippen LogP contribution < -0.4 is 5.73 Å². The molecule has 0 aromatic rings. The van der Waals surface area contributed by atoms with E-state index in [-0.39, 0.29) is 12.5 Å². The Kier molecular flexibility index (Phi) is 2.87. The predicted molar refractivity (Wildman–Crippen MR) is 46.0 cm³/mol. The summed E-state index contributed by atoms with van der Waals surface area (Å²) in [4.78, 5) is 22.9. The summed E-state index contributed by atoms with van der Waals surface area (Å²) in [6, 6.07) is -0.549. The van der Waals surface area contributed by atoms with Gasteiger partial charge in [-0.1, -0.05) is 0 Å². The summed E-state index contributed by atoms with van der Waals surface area (Å²) in [5.74, 6) is -1.16. The van der Waals surface area contributed by atoms with Crippen LogP contribution in [0.3, 0.4) is 0 Å². The van der Waals surface area contributed by atoms with Crippen LogP contribution in [0.4, 0.5) is 0 Å². The van der Waals surface area contributed by atoms with Crippen molar-refractivity contribution >= 4 is 11.9 Å². The number of rotatable bonds is 5. The maximum atomic E-state index is 10.8. The number of carboxylic acids is 1. The van der Waals surface area contributed by atoms with Crippen molar-refractivity contribution in [1.82, 2.24) is 4.90 Å². The van der Waals surface area contributed by atoms with Crippen LogP contribution >= 0.6 is 0 Å². The number of amides is 1. The Morgan fingerprint density at radius 3 is 2.46 bits per heavy atom. The number of hydrogen-bond acceptors (Lipinski definition) is 3. The predicted octanol–water partition coefficient (Wildman–Crippen LogP) is -0.733. The molecule has 74 valence electrons. The Balaban J connectivity index is 2.53. The molecule has 1 atom stereocenters. The van der Waals surface area contributed by atoms with Gasteiger partial charge in [-0.3, -0.25) is 14.5 Å². The molecule has 1 aliphatic carbocycles. The zero-order valence-electron chi connectivity index (χ0n) is 7.56. The van der Waals surface area contributed by atoms with Crippen molar-refractivity contribution in [2.45, 2.75) is 18.9 Å². The van der Waals surface area contributed by atoms with E-state index in [9.17, 15) is 9.59 Å². The fraction of sp³-hybridized carbons (Fsp3) is 0.750. The van der Waals surface area contributed by atoms with Gasteiger partial charge in [-0.25, -0.2) is 0 Å². The molecule has 5 nitrogen and oxygen atoms in total. The first kappa shape index (κ1) is 9.98. The van der Waals surface area contributed by atoms with Crippen molar-refractivity contribution < 1.29 is 14.7 Å². The summed E-state index contributed by atoms with van der Waals surface area (Å²) in [5.41, 5.74) is 4.98. The quantitative estimate of drug-likeness (QED) is 0.592. The van der Waals surface area contributed by atoms with Gasteiger partial charge >= 0.3 is 5.97 Å². The normalized spacial score (nSPS) is 18.6. The summed E-state index contributed by atoms with van der Waals surface area (Å²) in [7, 11) is 1.61. The molecule has 1 saturated carbocycles. The Morgan fingerprint density at radius 1 is 1.62 bits per heavy atom. The minimum Gasteiger partial charge on any atom is -0.480 e. The van der Waals surface area contributed by atoms with E-state index >= 15 is 0 Å². The van der Waals surface area contributed by atoms with Crippen LogP contribution in [-0.4, -0.2) is 41.5 Å². The van der Waals surface area contributed by atoms with Crippen LogP contribution in [0.25, 0.3) is 0 Å². The van der Waals surface area contributed by atoms with Crippen LogP contribution in [0.15, 0.2) is 0 Å². The van der Waals surface area contributed by atoms with Gasteiger partial charge in [-0.2, -0.15) is 0 Å². The van der Waals surface area contributed by atoms with E-state index in [0.717, 1.165) is 12.8 Å². The van der Waals surface area contributed by atoms with Gasteiger partial charge in [0, 0.05) is 0 Å². The molecule has 1 aliphatic rings. The van der Waals surface area contributed by atoms with Crippen molar-refractivity contribution in [2.75, 3.05) is 13.6 Å². The largest absolute Gasteiger partial charge is 0.480 e. The Hall–Kier alpha value is -1.10. The number of nitrogens with two attached hydrogens (primary N) is 1.